The summed E-state index contributed by atoms with van der Waals surface area (Å²) in [5.74, 6) is -0.589. The molecule has 0 radical (unpaired) electrons. The minimum Gasteiger partial charge on any atom is -0.298 e. The van der Waals surface area contributed by atoms with Gasteiger partial charge in [-0.1, -0.05) is 6.58 Å². The Kier molecular flexibility index (Phi) is 3.30. The second-order valence-corrected chi connectivity index (χ2v) is 4.10. The van der Waals surface area contributed by atoms with Crippen molar-refractivity contribution in [3.8, 4) is 11.3 Å². The third-order valence-electron chi connectivity index (χ3n) is 2.06. The van der Waals surface area contributed by atoms with E-state index in [4.69, 9.17) is 0 Å². The molecule has 0 unspecified atom stereocenters. The van der Waals surface area contributed by atoms with E-state index in [1.165, 1.54) is 29.5 Å². The summed E-state index contributed by atoms with van der Waals surface area (Å²) in [6.07, 6.45) is 1.18. The fourth-order valence-electron chi connectivity index (χ4n) is 1.24. The third-order valence-corrected chi connectivity index (χ3v) is 2.82. The molecule has 3 nitrogen and oxygen atoms in total. The first-order valence-electron chi connectivity index (χ1n) is 4.84. The molecule has 1 aromatic carbocycles. The van der Waals surface area contributed by atoms with Gasteiger partial charge in [0.2, 0.25) is 5.91 Å². The Labute approximate surface area is 102 Å². The van der Waals surface area contributed by atoms with E-state index in [9.17, 15) is 9.18 Å². The Morgan fingerprint density at radius 3 is 2.76 bits per heavy atom. The number of nitrogens with zero attached hydrogens (tertiary/aromatic N) is 1. The van der Waals surface area contributed by atoms with Gasteiger partial charge in [-0.05, 0) is 30.3 Å². The van der Waals surface area contributed by atoms with Gasteiger partial charge in [0, 0.05) is 10.9 Å². The summed E-state index contributed by atoms with van der Waals surface area (Å²) in [5.41, 5.74) is 1.51. The molecule has 1 N–H and O–H groups in total. The number of carbonyl (C=O) groups excluding carboxylic acids is 1. The second kappa shape index (κ2) is 4.88. The van der Waals surface area contributed by atoms with Crippen LogP contribution in [-0.2, 0) is 4.79 Å². The van der Waals surface area contributed by atoms with Crippen molar-refractivity contribution < 1.29 is 9.18 Å². The highest BCUT2D eigenvalue weighted by Gasteiger charge is 2.05. The molecule has 2 rings (SSSR count). The van der Waals surface area contributed by atoms with Gasteiger partial charge in [0.15, 0.2) is 5.13 Å². The van der Waals surface area contributed by atoms with Gasteiger partial charge >= 0.3 is 0 Å². The molecule has 17 heavy (non-hydrogen) atoms. The van der Waals surface area contributed by atoms with Crippen LogP contribution in [0.25, 0.3) is 11.3 Å². The van der Waals surface area contributed by atoms with Gasteiger partial charge in [-0.2, -0.15) is 0 Å². The first kappa shape index (κ1) is 11.5. The van der Waals surface area contributed by atoms with Crippen LogP contribution in [-0.4, -0.2) is 10.9 Å². The lowest BCUT2D eigenvalue weighted by molar-refractivity contribution is -0.111. The molecule has 0 bridgehead atoms. The Morgan fingerprint density at radius 1 is 1.41 bits per heavy atom. The summed E-state index contributed by atoms with van der Waals surface area (Å²) >= 11 is 1.31. The van der Waals surface area contributed by atoms with E-state index in [0.29, 0.717) is 10.8 Å². The van der Waals surface area contributed by atoms with Gasteiger partial charge in [0.25, 0.3) is 0 Å². The Bertz CT molecular complexity index is 548. The zero-order valence-electron chi connectivity index (χ0n) is 8.81. The zero-order chi connectivity index (χ0) is 12.3. The number of benzene rings is 1. The summed E-state index contributed by atoms with van der Waals surface area (Å²) in [5, 5.41) is 4.86. The fraction of sp³-hybridized carbons (Fsp3) is 0. The van der Waals surface area contributed by atoms with Crippen molar-refractivity contribution >= 4 is 22.4 Å². The van der Waals surface area contributed by atoms with E-state index in [0.717, 1.165) is 5.56 Å². The van der Waals surface area contributed by atoms with Crippen molar-refractivity contribution in [1.82, 2.24) is 4.98 Å². The van der Waals surface area contributed by atoms with Gasteiger partial charge in [-0.15, -0.1) is 11.3 Å². The summed E-state index contributed by atoms with van der Waals surface area (Å²) in [6, 6.07) is 6.03. The van der Waals surface area contributed by atoms with Crippen LogP contribution in [0, 0.1) is 5.82 Å². The van der Waals surface area contributed by atoms with Crippen LogP contribution < -0.4 is 5.32 Å². The predicted octanol–water partition coefficient (Wildman–Crippen LogP) is 3.07. The van der Waals surface area contributed by atoms with Crippen molar-refractivity contribution in [2.24, 2.45) is 0 Å². The molecule has 2 aromatic rings. The Hall–Kier alpha value is -2.01. The number of carbonyl (C=O) groups is 1. The lowest BCUT2D eigenvalue weighted by atomic mass is 10.2. The Morgan fingerprint density at radius 2 is 2.12 bits per heavy atom. The fourth-order valence-corrected chi connectivity index (χ4v) is 1.96. The molecule has 1 aromatic heterocycles. The molecule has 1 amide bonds. The standard InChI is InChI=1S/C12H9FN2OS/c1-2-11(16)15-12-14-10(7-17-12)8-3-5-9(13)6-4-8/h2-7H,1H2,(H,14,15,16). The zero-order valence-corrected chi connectivity index (χ0v) is 9.63. The molecule has 1 heterocycles. The lowest BCUT2D eigenvalue weighted by Gasteiger charge is -1.96. The molecule has 0 saturated heterocycles. The average Bonchev–Trinajstić information content (AvgIpc) is 2.78. The van der Waals surface area contributed by atoms with E-state index in [2.05, 4.69) is 16.9 Å². The summed E-state index contributed by atoms with van der Waals surface area (Å²) in [4.78, 5) is 15.3. The van der Waals surface area contributed by atoms with E-state index in [1.807, 2.05) is 0 Å². The van der Waals surface area contributed by atoms with E-state index in [-0.39, 0.29) is 11.7 Å². The largest absolute Gasteiger partial charge is 0.298 e. The molecule has 0 aliphatic carbocycles. The van der Waals surface area contributed by atoms with Crippen LogP contribution in [0.4, 0.5) is 9.52 Å². The van der Waals surface area contributed by atoms with Gasteiger partial charge in [-0.3, -0.25) is 10.1 Å². The first-order valence-corrected chi connectivity index (χ1v) is 5.72. The maximum atomic E-state index is 12.7. The number of hydrogen-bond donors (Lipinski definition) is 1. The molecule has 0 aliphatic rings. The van der Waals surface area contributed by atoms with Crippen molar-refractivity contribution in [3.05, 3.63) is 48.1 Å². The van der Waals surface area contributed by atoms with Gasteiger partial charge in [-0.25, -0.2) is 9.37 Å². The van der Waals surface area contributed by atoms with Crippen LogP contribution >= 0.6 is 11.3 Å². The normalized spacial score (nSPS) is 9.94. The van der Waals surface area contributed by atoms with Gasteiger partial charge in [0.05, 0.1) is 5.69 Å². The first-order chi connectivity index (χ1) is 8.19. The summed E-state index contributed by atoms with van der Waals surface area (Å²) in [6.45, 7) is 3.35. The van der Waals surface area contributed by atoms with Crippen LogP contribution in [0.5, 0.6) is 0 Å². The number of amides is 1. The van der Waals surface area contributed by atoms with E-state index in [1.54, 1.807) is 17.5 Å². The number of nitrogens with one attached hydrogen (secondary N) is 1. The Balaban J connectivity index is 2.20. The van der Waals surface area contributed by atoms with Crippen molar-refractivity contribution in [1.29, 1.82) is 0 Å². The number of rotatable bonds is 3. The monoisotopic (exact) mass is 248 g/mol. The van der Waals surface area contributed by atoms with Crippen LogP contribution in [0.3, 0.4) is 0 Å². The highest BCUT2D eigenvalue weighted by atomic mass is 32.1. The average molecular weight is 248 g/mol. The van der Waals surface area contributed by atoms with Crippen molar-refractivity contribution in [2.75, 3.05) is 5.32 Å². The van der Waals surface area contributed by atoms with Gasteiger partial charge < -0.3 is 0 Å². The predicted molar refractivity (Wildman–Crippen MR) is 66.3 cm³/mol. The molecule has 5 heteroatoms. The number of thiazole rings is 1. The number of aromatic nitrogens is 1. The van der Waals surface area contributed by atoms with Crippen LogP contribution in [0.15, 0.2) is 42.3 Å². The molecule has 0 saturated carbocycles. The highest BCUT2D eigenvalue weighted by molar-refractivity contribution is 7.14. The molecule has 86 valence electrons. The minimum atomic E-state index is -0.301. The van der Waals surface area contributed by atoms with Gasteiger partial charge in [0.1, 0.15) is 5.82 Å². The van der Waals surface area contributed by atoms with Crippen LogP contribution in [0.2, 0.25) is 0 Å². The third kappa shape index (κ3) is 2.76. The van der Waals surface area contributed by atoms with Crippen molar-refractivity contribution in [2.45, 2.75) is 0 Å². The SMILES string of the molecule is C=CC(=O)Nc1nc(-c2ccc(F)cc2)cs1. The number of halogens is 1. The second-order valence-electron chi connectivity index (χ2n) is 3.24. The topological polar surface area (TPSA) is 42.0 Å². The van der Waals surface area contributed by atoms with E-state index >= 15 is 0 Å². The quantitative estimate of drug-likeness (QED) is 0.848. The van der Waals surface area contributed by atoms with Crippen LogP contribution in [0.1, 0.15) is 0 Å². The van der Waals surface area contributed by atoms with E-state index < -0.39 is 0 Å². The highest BCUT2D eigenvalue weighted by Crippen LogP contribution is 2.24. The molecular weight excluding hydrogens is 239 g/mol. The smallest absolute Gasteiger partial charge is 0.249 e. The summed E-state index contributed by atoms with van der Waals surface area (Å²) in [7, 11) is 0. The number of hydrogen-bond acceptors (Lipinski definition) is 3. The molecule has 0 atom stereocenters. The maximum absolute atomic E-state index is 12.7. The molecule has 0 spiro atoms. The minimum absolute atomic E-state index is 0.288. The number of anilines is 1. The lowest BCUT2D eigenvalue weighted by Crippen LogP contribution is -2.06. The maximum Gasteiger partial charge on any atom is 0.249 e. The molecular formula is C12H9FN2OS. The molecule has 0 aliphatic heterocycles. The molecule has 0 fully saturated rings. The summed E-state index contributed by atoms with van der Waals surface area (Å²) < 4.78 is 12.7. The van der Waals surface area contributed by atoms with Crippen molar-refractivity contribution in [3.63, 3.8) is 0 Å².